The first-order valence-electron chi connectivity index (χ1n) is 9.92. The van der Waals surface area contributed by atoms with E-state index < -0.39 is 14.9 Å². The van der Waals surface area contributed by atoms with Crippen LogP contribution >= 0.6 is 24.0 Å². The van der Waals surface area contributed by atoms with E-state index >= 15 is 0 Å². The van der Waals surface area contributed by atoms with Crippen LogP contribution in [0.15, 0.2) is 34.2 Å². The number of hydrogen-bond acceptors (Lipinski definition) is 7. The molecule has 2 aliphatic heterocycles. The van der Waals surface area contributed by atoms with Crippen LogP contribution in [0.1, 0.15) is 6.42 Å². The van der Waals surface area contributed by atoms with Crippen molar-refractivity contribution in [2.75, 3.05) is 59.5 Å². The van der Waals surface area contributed by atoms with E-state index in [9.17, 15) is 18.5 Å². The molecule has 0 aliphatic carbocycles. The third-order valence-corrected chi connectivity index (χ3v) is 6.73. The number of nitrogens with one attached hydrogen (secondary N) is 2. The number of ether oxygens (including phenoxy) is 1. The van der Waals surface area contributed by atoms with Gasteiger partial charge in [0.1, 0.15) is 0 Å². The van der Waals surface area contributed by atoms with Crippen LogP contribution in [0.25, 0.3) is 0 Å². The lowest BCUT2D eigenvalue weighted by Gasteiger charge is -2.32. The highest BCUT2D eigenvalue weighted by atomic mass is 127. The van der Waals surface area contributed by atoms with Crippen LogP contribution in [-0.2, 0) is 14.8 Å². The van der Waals surface area contributed by atoms with Gasteiger partial charge in [0.25, 0.3) is 5.69 Å². The lowest BCUT2D eigenvalue weighted by atomic mass is 10.2. The van der Waals surface area contributed by atoms with Crippen molar-refractivity contribution in [2.45, 2.75) is 17.4 Å². The number of likely N-dealkylation sites (tertiary alicyclic amines) is 1. The van der Waals surface area contributed by atoms with E-state index in [0.29, 0.717) is 12.6 Å². The number of benzene rings is 1. The summed E-state index contributed by atoms with van der Waals surface area (Å²) in [5.74, 6) is 0.736. The second kappa shape index (κ2) is 11.9. The van der Waals surface area contributed by atoms with Crippen molar-refractivity contribution in [3.63, 3.8) is 0 Å². The van der Waals surface area contributed by atoms with E-state index in [-0.39, 0.29) is 41.1 Å². The Morgan fingerprint density at radius 2 is 2.03 bits per heavy atom. The first-order valence-corrected chi connectivity index (χ1v) is 11.4. The van der Waals surface area contributed by atoms with Crippen molar-refractivity contribution >= 4 is 45.6 Å². The summed E-state index contributed by atoms with van der Waals surface area (Å²) in [5, 5.41) is 14.0. The zero-order chi connectivity index (χ0) is 21.6. The van der Waals surface area contributed by atoms with Crippen LogP contribution < -0.4 is 10.0 Å². The summed E-state index contributed by atoms with van der Waals surface area (Å²) in [6.07, 6.45) is 1.06. The highest BCUT2D eigenvalue weighted by Gasteiger charge is 2.30. The van der Waals surface area contributed by atoms with Gasteiger partial charge in [-0.3, -0.25) is 20.0 Å². The fourth-order valence-corrected chi connectivity index (χ4v) is 4.79. The number of sulfonamides is 1. The van der Waals surface area contributed by atoms with E-state index in [2.05, 4.69) is 24.8 Å². The van der Waals surface area contributed by atoms with E-state index in [1.165, 1.54) is 18.2 Å². The van der Waals surface area contributed by atoms with Gasteiger partial charge in [0, 0.05) is 64.5 Å². The lowest BCUT2D eigenvalue weighted by molar-refractivity contribution is -0.385. The van der Waals surface area contributed by atoms with Gasteiger partial charge in [-0.2, -0.15) is 0 Å². The van der Waals surface area contributed by atoms with Gasteiger partial charge in [0.05, 0.1) is 23.0 Å². The topological polar surface area (TPSA) is 129 Å². The van der Waals surface area contributed by atoms with Crippen LogP contribution in [0, 0.1) is 10.1 Å². The van der Waals surface area contributed by atoms with Gasteiger partial charge in [0.2, 0.25) is 10.0 Å². The number of aliphatic imine (C=N–C) groups is 1. The van der Waals surface area contributed by atoms with Crippen LogP contribution in [0.5, 0.6) is 0 Å². The van der Waals surface area contributed by atoms with Gasteiger partial charge in [-0.1, -0.05) is 6.07 Å². The molecule has 2 saturated heterocycles. The molecule has 2 aliphatic rings. The van der Waals surface area contributed by atoms with E-state index in [1.807, 2.05) is 0 Å². The first kappa shape index (κ1) is 25.7. The summed E-state index contributed by atoms with van der Waals surface area (Å²) < 4.78 is 32.6. The molecular weight excluding hydrogens is 539 g/mol. The van der Waals surface area contributed by atoms with Gasteiger partial charge in [-0.15, -0.1) is 24.0 Å². The molecule has 0 amide bonds. The Labute approximate surface area is 199 Å². The number of nitrogens with zero attached hydrogens (tertiary/aromatic N) is 4. The van der Waals surface area contributed by atoms with E-state index in [0.717, 1.165) is 57.8 Å². The molecule has 0 spiro atoms. The average Bonchev–Trinajstić information content (AvgIpc) is 3.24. The fourth-order valence-electron chi connectivity index (χ4n) is 3.71. The average molecular weight is 568 g/mol. The van der Waals surface area contributed by atoms with Crippen LogP contribution in [0.3, 0.4) is 0 Å². The number of hydrogen-bond donors (Lipinski definition) is 2. The maximum absolute atomic E-state index is 12.4. The molecule has 1 aromatic carbocycles. The van der Waals surface area contributed by atoms with E-state index in [4.69, 9.17) is 4.74 Å². The van der Waals surface area contributed by atoms with Crippen LogP contribution in [0.4, 0.5) is 5.69 Å². The molecule has 1 atom stereocenters. The molecular formula is C18H29IN6O5S. The van der Waals surface area contributed by atoms with Gasteiger partial charge in [0.15, 0.2) is 5.96 Å². The van der Waals surface area contributed by atoms with Gasteiger partial charge in [-0.05, 0) is 12.5 Å². The largest absolute Gasteiger partial charge is 0.379 e. The summed E-state index contributed by atoms with van der Waals surface area (Å²) in [5.41, 5.74) is -0.264. The monoisotopic (exact) mass is 568 g/mol. The Morgan fingerprint density at radius 3 is 2.71 bits per heavy atom. The Kier molecular flexibility index (Phi) is 9.87. The molecule has 0 radical (unpaired) electrons. The van der Waals surface area contributed by atoms with Crippen molar-refractivity contribution in [1.82, 2.24) is 19.8 Å². The predicted octanol–water partition coefficient (Wildman–Crippen LogP) is 0.473. The van der Waals surface area contributed by atoms with E-state index in [1.54, 1.807) is 7.05 Å². The second-order valence-electron chi connectivity index (χ2n) is 7.16. The molecule has 31 heavy (non-hydrogen) atoms. The number of halogens is 1. The molecule has 174 valence electrons. The molecule has 11 nitrogen and oxygen atoms in total. The maximum atomic E-state index is 12.4. The minimum atomic E-state index is -3.83. The number of nitro groups is 1. The summed E-state index contributed by atoms with van der Waals surface area (Å²) >= 11 is 0. The molecule has 1 aromatic rings. The smallest absolute Gasteiger partial charge is 0.270 e. The summed E-state index contributed by atoms with van der Waals surface area (Å²) in [6, 6.07) is 5.46. The standard InChI is InChI=1S/C18H28N6O5S.HI/c1-19-18(23-8-5-16(14-23)22-9-11-29-12-10-22)20-6-7-21-30(27,28)17-4-2-3-15(13-17)24(25)26;/h2-4,13,16,21H,5-12,14H2,1H3,(H,19,20);1H. The van der Waals surface area contributed by atoms with Crippen LogP contribution in [0.2, 0.25) is 0 Å². The number of non-ortho nitro benzene ring substituents is 1. The van der Waals surface area contributed by atoms with Crippen molar-refractivity contribution in [1.29, 1.82) is 0 Å². The Morgan fingerprint density at radius 1 is 1.29 bits per heavy atom. The molecule has 3 rings (SSSR count). The molecule has 2 fully saturated rings. The Bertz CT molecular complexity index is 878. The summed E-state index contributed by atoms with van der Waals surface area (Å²) in [6.45, 7) is 5.68. The molecule has 0 bridgehead atoms. The minimum absolute atomic E-state index is 0. The highest BCUT2D eigenvalue weighted by Crippen LogP contribution is 2.18. The van der Waals surface area contributed by atoms with Crippen molar-refractivity contribution in [2.24, 2.45) is 4.99 Å². The Balaban J connectivity index is 0.00000341. The third-order valence-electron chi connectivity index (χ3n) is 5.28. The number of rotatable bonds is 7. The predicted molar refractivity (Wildman–Crippen MR) is 127 cm³/mol. The normalized spacial score (nSPS) is 20.4. The summed E-state index contributed by atoms with van der Waals surface area (Å²) in [4.78, 5) is 19.0. The second-order valence-corrected chi connectivity index (χ2v) is 8.93. The first-order chi connectivity index (χ1) is 14.4. The van der Waals surface area contributed by atoms with Crippen molar-refractivity contribution in [3.05, 3.63) is 34.4 Å². The van der Waals surface area contributed by atoms with Gasteiger partial charge < -0.3 is 15.0 Å². The molecule has 0 aromatic heterocycles. The van der Waals surface area contributed by atoms with Gasteiger partial charge in [-0.25, -0.2) is 13.1 Å². The number of guanidine groups is 1. The Hall–Kier alpha value is -1.55. The van der Waals surface area contributed by atoms with Crippen molar-refractivity contribution < 1.29 is 18.1 Å². The molecule has 0 saturated carbocycles. The number of nitro benzene ring substituents is 1. The molecule has 2 N–H and O–H groups in total. The molecule has 1 unspecified atom stereocenters. The third kappa shape index (κ3) is 6.97. The SMILES string of the molecule is CN=C(NCCNS(=O)(=O)c1cccc([N+](=O)[O-])c1)N1CCC(N2CCOCC2)C1.I. The molecule has 2 heterocycles. The van der Waals surface area contributed by atoms with Crippen LogP contribution in [-0.4, -0.2) is 94.7 Å². The highest BCUT2D eigenvalue weighted by molar-refractivity contribution is 14.0. The van der Waals surface area contributed by atoms with Gasteiger partial charge >= 0.3 is 0 Å². The maximum Gasteiger partial charge on any atom is 0.270 e. The van der Waals surface area contributed by atoms with Crippen molar-refractivity contribution in [3.8, 4) is 0 Å². The minimum Gasteiger partial charge on any atom is -0.379 e. The lowest BCUT2D eigenvalue weighted by Crippen LogP contribution is -2.47. The summed E-state index contributed by atoms with van der Waals surface area (Å²) in [7, 11) is -2.12. The zero-order valence-electron chi connectivity index (χ0n) is 17.4. The zero-order valence-corrected chi connectivity index (χ0v) is 20.5. The molecule has 13 heteroatoms. The quantitative estimate of drug-likeness (QED) is 0.121. The number of morpholine rings is 1. The fraction of sp³-hybridized carbons (Fsp3) is 0.611.